The van der Waals surface area contributed by atoms with Crippen molar-refractivity contribution < 1.29 is 4.74 Å². The molecule has 3 rings (SSSR count). The lowest BCUT2D eigenvalue weighted by atomic mass is 10.2. The Morgan fingerprint density at radius 1 is 1.11 bits per heavy atom. The fraction of sp³-hybridized carbons (Fsp3) is 0.429. The van der Waals surface area contributed by atoms with Crippen molar-refractivity contribution in [1.82, 2.24) is 14.9 Å². The fourth-order valence-corrected chi connectivity index (χ4v) is 3.11. The number of aromatic nitrogens is 2. The molecule has 0 bridgehead atoms. The standard InChI is InChI=1S/C21H29N5O/c1-27-16-6-10-22-20-17-21(24-18-23-20)26-14-12-25(13-15-26)11-5-9-19-7-3-2-4-8-19/h2-5,7-9,17-18H,6,10-16H2,1H3,(H,22,23,24)/b9-5+. The summed E-state index contributed by atoms with van der Waals surface area (Å²) in [5.41, 5.74) is 1.25. The maximum absolute atomic E-state index is 5.07. The Morgan fingerprint density at radius 3 is 2.70 bits per heavy atom. The number of nitrogens with one attached hydrogen (secondary N) is 1. The molecule has 27 heavy (non-hydrogen) atoms. The molecule has 0 amide bonds. The van der Waals surface area contributed by atoms with E-state index in [1.54, 1.807) is 13.4 Å². The molecule has 0 atom stereocenters. The number of methoxy groups -OCH3 is 1. The predicted octanol–water partition coefficient (Wildman–Crippen LogP) is 2.76. The van der Waals surface area contributed by atoms with Crippen LogP contribution in [0.25, 0.3) is 6.08 Å². The van der Waals surface area contributed by atoms with Gasteiger partial charge in [0, 0.05) is 59.1 Å². The zero-order chi connectivity index (χ0) is 18.7. The largest absolute Gasteiger partial charge is 0.385 e. The zero-order valence-electron chi connectivity index (χ0n) is 16.1. The van der Waals surface area contributed by atoms with Crippen LogP contribution in [0.15, 0.2) is 48.8 Å². The molecule has 144 valence electrons. The molecule has 0 aliphatic carbocycles. The van der Waals surface area contributed by atoms with Gasteiger partial charge in [-0.1, -0.05) is 42.5 Å². The van der Waals surface area contributed by atoms with E-state index in [1.807, 2.05) is 12.1 Å². The lowest BCUT2D eigenvalue weighted by Crippen LogP contribution is -2.46. The van der Waals surface area contributed by atoms with Crippen molar-refractivity contribution >= 4 is 17.7 Å². The highest BCUT2D eigenvalue weighted by Gasteiger charge is 2.17. The highest BCUT2D eigenvalue weighted by molar-refractivity contribution is 5.49. The Bertz CT molecular complexity index is 699. The number of nitrogens with zero attached hydrogens (tertiary/aromatic N) is 4. The first kappa shape index (κ1) is 19.3. The van der Waals surface area contributed by atoms with Gasteiger partial charge in [0.15, 0.2) is 0 Å². The Kier molecular flexibility index (Phi) is 7.62. The number of benzene rings is 1. The molecule has 1 aliphatic rings. The average Bonchev–Trinajstić information content (AvgIpc) is 2.73. The molecule has 0 saturated carbocycles. The van der Waals surface area contributed by atoms with Gasteiger partial charge < -0.3 is 15.0 Å². The van der Waals surface area contributed by atoms with Crippen molar-refractivity contribution in [2.24, 2.45) is 0 Å². The first-order chi connectivity index (χ1) is 13.3. The summed E-state index contributed by atoms with van der Waals surface area (Å²) in [5.74, 6) is 1.88. The van der Waals surface area contributed by atoms with Crippen LogP contribution in [0.3, 0.4) is 0 Å². The second-order valence-corrected chi connectivity index (χ2v) is 6.64. The number of rotatable bonds is 9. The maximum atomic E-state index is 5.07. The second kappa shape index (κ2) is 10.6. The minimum absolute atomic E-state index is 0.756. The van der Waals surface area contributed by atoms with Crippen molar-refractivity contribution in [3.63, 3.8) is 0 Å². The van der Waals surface area contributed by atoms with Crippen molar-refractivity contribution in [2.75, 3.05) is 63.2 Å². The van der Waals surface area contributed by atoms with Crippen LogP contribution < -0.4 is 10.2 Å². The fourth-order valence-electron chi connectivity index (χ4n) is 3.11. The number of hydrogen-bond acceptors (Lipinski definition) is 6. The molecule has 1 fully saturated rings. The molecule has 1 aromatic carbocycles. The van der Waals surface area contributed by atoms with E-state index in [2.05, 4.69) is 61.5 Å². The summed E-state index contributed by atoms with van der Waals surface area (Å²) in [5, 5.41) is 3.33. The summed E-state index contributed by atoms with van der Waals surface area (Å²) in [6.45, 7) is 6.65. The summed E-state index contributed by atoms with van der Waals surface area (Å²) in [4.78, 5) is 13.6. The van der Waals surface area contributed by atoms with E-state index in [9.17, 15) is 0 Å². The van der Waals surface area contributed by atoms with Gasteiger partial charge in [-0.25, -0.2) is 9.97 Å². The van der Waals surface area contributed by atoms with Crippen LogP contribution in [0.4, 0.5) is 11.6 Å². The number of anilines is 2. The minimum Gasteiger partial charge on any atom is -0.385 e. The van der Waals surface area contributed by atoms with Gasteiger partial charge in [0.05, 0.1) is 0 Å². The van der Waals surface area contributed by atoms with Crippen molar-refractivity contribution in [1.29, 1.82) is 0 Å². The van der Waals surface area contributed by atoms with Crippen molar-refractivity contribution in [3.05, 3.63) is 54.4 Å². The van der Waals surface area contributed by atoms with Crippen LogP contribution in [-0.4, -0.2) is 67.9 Å². The molecule has 1 N–H and O–H groups in total. The third-order valence-corrected chi connectivity index (χ3v) is 4.65. The smallest absolute Gasteiger partial charge is 0.134 e. The van der Waals surface area contributed by atoms with Gasteiger partial charge in [0.2, 0.25) is 0 Å². The highest BCUT2D eigenvalue weighted by Crippen LogP contribution is 2.16. The Hall–Kier alpha value is -2.44. The van der Waals surface area contributed by atoms with Crippen LogP contribution in [0, 0.1) is 0 Å². The predicted molar refractivity (Wildman–Crippen MR) is 111 cm³/mol. The SMILES string of the molecule is COCCCNc1cc(N2CCN(C/C=C/c3ccccc3)CC2)ncn1. The number of hydrogen-bond donors (Lipinski definition) is 1. The molecule has 2 aromatic rings. The molecule has 6 heteroatoms. The second-order valence-electron chi connectivity index (χ2n) is 6.64. The van der Waals surface area contributed by atoms with Crippen LogP contribution in [0.2, 0.25) is 0 Å². The molecule has 2 heterocycles. The van der Waals surface area contributed by atoms with E-state index >= 15 is 0 Å². The monoisotopic (exact) mass is 367 g/mol. The lowest BCUT2D eigenvalue weighted by Gasteiger charge is -2.34. The van der Waals surface area contributed by atoms with E-state index in [4.69, 9.17) is 4.74 Å². The topological polar surface area (TPSA) is 53.5 Å². The Labute approximate surface area is 161 Å². The lowest BCUT2D eigenvalue weighted by molar-refractivity contribution is 0.198. The van der Waals surface area contributed by atoms with Gasteiger partial charge in [0.1, 0.15) is 18.0 Å². The van der Waals surface area contributed by atoms with Gasteiger partial charge in [-0.15, -0.1) is 0 Å². The van der Waals surface area contributed by atoms with E-state index < -0.39 is 0 Å². The van der Waals surface area contributed by atoms with E-state index in [0.29, 0.717) is 0 Å². The first-order valence-corrected chi connectivity index (χ1v) is 9.59. The summed E-state index contributed by atoms with van der Waals surface area (Å²) >= 11 is 0. The molecule has 0 radical (unpaired) electrons. The maximum Gasteiger partial charge on any atom is 0.134 e. The van der Waals surface area contributed by atoms with E-state index in [1.165, 1.54) is 5.56 Å². The number of piperazine rings is 1. The molecule has 1 aromatic heterocycles. The molecule has 1 aliphatic heterocycles. The van der Waals surface area contributed by atoms with Gasteiger partial charge in [-0.3, -0.25) is 4.90 Å². The zero-order valence-corrected chi connectivity index (χ0v) is 16.1. The Morgan fingerprint density at radius 2 is 1.93 bits per heavy atom. The van der Waals surface area contributed by atoms with Crippen LogP contribution in [0.5, 0.6) is 0 Å². The molecule has 0 unspecified atom stereocenters. The number of ether oxygens (including phenoxy) is 1. The normalized spacial score (nSPS) is 15.4. The third kappa shape index (κ3) is 6.34. The summed E-state index contributed by atoms with van der Waals surface area (Å²) in [6.07, 6.45) is 7.05. The molecular weight excluding hydrogens is 338 g/mol. The first-order valence-electron chi connectivity index (χ1n) is 9.59. The molecule has 0 spiro atoms. The van der Waals surface area contributed by atoms with Gasteiger partial charge in [0.25, 0.3) is 0 Å². The Balaban J connectivity index is 1.44. The van der Waals surface area contributed by atoms with Gasteiger partial charge >= 0.3 is 0 Å². The van der Waals surface area contributed by atoms with E-state index in [-0.39, 0.29) is 0 Å². The third-order valence-electron chi connectivity index (χ3n) is 4.65. The average molecular weight is 367 g/mol. The minimum atomic E-state index is 0.756. The van der Waals surface area contributed by atoms with E-state index in [0.717, 1.165) is 63.9 Å². The van der Waals surface area contributed by atoms with Crippen LogP contribution in [-0.2, 0) is 4.74 Å². The summed E-state index contributed by atoms with van der Waals surface area (Å²) < 4.78 is 5.07. The van der Waals surface area contributed by atoms with Crippen molar-refractivity contribution in [2.45, 2.75) is 6.42 Å². The molecule has 6 nitrogen and oxygen atoms in total. The summed E-state index contributed by atoms with van der Waals surface area (Å²) in [7, 11) is 1.72. The van der Waals surface area contributed by atoms with Gasteiger partial charge in [-0.2, -0.15) is 0 Å². The van der Waals surface area contributed by atoms with Crippen LogP contribution >= 0.6 is 0 Å². The summed E-state index contributed by atoms with van der Waals surface area (Å²) in [6, 6.07) is 12.5. The molecular formula is C21H29N5O. The van der Waals surface area contributed by atoms with Crippen molar-refractivity contribution in [3.8, 4) is 0 Å². The molecule has 1 saturated heterocycles. The highest BCUT2D eigenvalue weighted by atomic mass is 16.5. The van der Waals surface area contributed by atoms with Gasteiger partial charge in [-0.05, 0) is 12.0 Å². The van der Waals surface area contributed by atoms with Crippen LogP contribution in [0.1, 0.15) is 12.0 Å². The quantitative estimate of drug-likeness (QED) is 0.688.